The fourth-order valence-corrected chi connectivity index (χ4v) is 3.80. The molecule has 0 aromatic carbocycles. The fourth-order valence-electron chi connectivity index (χ4n) is 3.06. The molecule has 1 aliphatic heterocycles. The Morgan fingerprint density at radius 2 is 1.82 bits per heavy atom. The van der Waals surface area contributed by atoms with Crippen LogP contribution in [0.4, 0.5) is 0 Å². The van der Waals surface area contributed by atoms with Gasteiger partial charge in [-0.15, -0.1) is 0 Å². The number of carbonyl (C=O) groups excluding carboxylic acids is 1. The van der Waals surface area contributed by atoms with Crippen molar-refractivity contribution < 1.29 is 13.2 Å². The molecule has 0 aromatic rings. The molecule has 5 nitrogen and oxygen atoms in total. The predicted octanol–water partition coefficient (Wildman–Crippen LogP) is 0.183. The number of carbonyl (C=O) groups is 1. The molecule has 1 N–H and O–H groups in total. The number of nitrogens with zero attached hydrogens (tertiary/aromatic N) is 1. The van der Waals surface area contributed by atoms with Gasteiger partial charge in [0, 0.05) is 13.1 Å². The zero-order chi connectivity index (χ0) is 12.6. The van der Waals surface area contributed by atoms with Gasteiger partial charge in [0.25, 0.3) is 0 Å². The SMILES string of the molecule is C[C@H](NS(C)(=O)=O)C(=O)N1C[C@H]2CCC[C@H]2C1. The highest BCUT2D eigenvalue weighted by Gasteiger charge is 2.39. The number of hydrogen-bond donors (Lipinski definition) is 1. The maximum absolute atomic E-state index is 12.1. The third-order valence-corrected chi connectivity index (χ3v) is 4.58. The molecule has 2 fully saturated rings. The van der Waals surface area contributed by atoms with Gasteiger partial charge in [-0.3, -0.25) is 4.79 Å². The quantitative estimate of drug-likeness (QED) is 0.787. The normalized spacial score (nSPS) is 30.4. The first-order chi connectivity index (χ1) is 7.87. The topological polar surface area (TPSA) is 66.5 Å². The Balaban J connectivity index is 1.93. The molecule has 0 unspecified atom stereocenters. The minimum Gasteiger partial charge on any atom is -0.341 e. The molecule has 0 aromatic heterocycles. The minimum atomic E-state index is -3.31. The Hall–Kier alpha value is -0.620. The Kier molecular flexibility index (Phi) is 3.45. The van der Waals surface area contributed by atoms with Crippen molar-refractivity contribution in [2.45, 2.75) is 32.2 Å². The summed E-state index contributed by atoms with van der Waals surface area (Å²) in [5.41, 5.74) is 0. The molecule has 6 heteroatoms. The average Bonchev–Trinajstić information content (AvgIpc) is 2.72. The van der Waals surface area contributed by atoms with Crippen molar-refractivity contribution >= 4 is 15.9 Å². The van der Waals surface area contributed by atoms with Crippen LogP contribution in [0.25, 0.3) is 0 Å². The highest BCUT2D eigenvalue weighted by atomic mass is 32.2. The number of fused-ring (bicyclic) bond motifs is 1. The van der Waals surface area contributed by atoms with Crippen LogP contribution >= 0.6 is 0 Å². The van der Waals surface area contributed by atoms with Gasteiger partial charge in [0.2, 0.25) is 15.9 Å². The van der Waals surface area contributed by atoms with Crippen molar-refractivity contribution in [2.75, 3.05) is 19.3 Å². The first-order valence-corrected chi connectivity index (χ1v) is 8.02. The van der Waals surface area contributed by atoms with E-state index in [1.54, 1.807) is 6.92 Å². The molecule has 2 aliphatic rings. The Labute approximate surface area is 103 Å². The number of rotatable bonds is 3. The molecule has 17 heavy (non-hydrogen) atoms. The summed E-state index contributed by atoms with van der Waals surface area (Å²) in [7, 11) is -3.31. The zero-order valence-electron chi connectivity index (χ0n) is 10.3. The molecule has 1 saturated carbocycles. The van der Waals surface area contributed by atoms with Crippen LogP contribution in [0.5, 0.6) is 0 Å². The highest BCUT2D eigenvalue weighted by Crippen LogP contribution is 2.37. The van der Waals surface area contributed by atoms with Gasteiger partial charge in [0.15, 0.2) is 0 Å². The smallest absolute Gasteiger partial charge is 0.240 e. The van der Waals surface area contributed by atoms with Crippen molar-refractivity contribution in [2.24, 2.45) is 11.8 Å². The van der Waals surface area contributed by atoms with Crippen LogP contribution in [0.15, 0.2) is 0 Å². The molecule has 1 heterocycles. The van der Waals surface area contributed by atoms with Crippen LogP contribution in [-0.2, 0) is 14.8 Å². The zero-order valence-corrected chi connectivity index (χ0v) is 11.2. The molecule has 0 spiro atoms. The van der Waals surface area contributed by atoms with E-state index in [0.29, 0.717) is 11.8 Å². The molecule has 2 rings (SSSR count). The molecular formula is C11H20N2O3S. The molecule has 1 saturated heterocycles. The molecule has 0 radical (unpaired) electrons. The second kappa shape index (κ2) is 4.57. The Morgan fingerprint density at radius 1 is 1.29 bits per heavy atom. The lowest BCUT2D eigenvalue weighted by atomic mass is 10.0. The molecule has 1 amide bonds. The van der Waals surface area contributed by atoms with Crippen LogP contribution in [-0.4, -0.2) is 44.6 Å². The second-order valence-corrected chi connectivity index (χ2v) is 7.09. The average molecular weight is 260 g/mol. The summed E-state index contributed by atoms with van der Waals surface area (Å²) in [6.45, 7) is 3.22. The third-order valence-electron chi connectivity index (χ3n) is 3.80. The minimum absolute atomic E-state index is 0.0928. The summed E-state index contributed by atoms with van der Waals surface area (Å²) in [4.78, 5) is 13.9. The summed E-state index contributed by atoms with van der Waals surface area (Å²) < 4.78 is 24.5. The number of sulfonamides is 1. The van der Waals surface area contributed by atoms with Gasteiger partial charge < -0.3 is 4.90 Å². The van der Waals surface area contributed by atoms with Crippen molar-refractivity contribution in [1.29, 1.82) is 0 Å². The molecule has 98 valence electrons. The monoisotopic (exact) mass is 260 g/mol. The lowest BCUT2D eigenvalue weighted by molar-refractivity contribution is -0.131. The number of amides is 1. The van der Waals surface area contributed by atoms with E-state index in [2.05, 4.69) is 4.72 Å². The molecule has 0 bridgehead atoms. The van der Waals surface area contributed by atoms with Gasteiger partial charge in [0.1, 0.15) is 0 Å². The Bertz CT molecular complexity index is 395. The van der Waals surface area contributed by atoms with Gasteiger partial charge >= 0.3 is 0 Å². The lowest BCUT2D eigenvalue weighted by Gasteiger charge is -2.21. The van der Waals surface area contributed by atoms with Crippen LogP contribution in [0.2, 0.25) is 0 Å². The van der Waals surface area contributed by atoms with Crippen LogP contribution in [0.3, 0.4) is 0 Å². The van der Waals surface area contributed by atoms with Gasteiger partial charge in [-0.1, -0.05) is 6.42 Å². The van der Waals surface area contributed by atoms with Crippen LogP contribution < -0.4 is 4.72 Å². The maximum atomic E-state index is 12.1. The molecule has 1 aliphatic carbocycles. The van der Waals surface area contributed by atoms with Crippen molar-refractivity contribution in [3.8, 4) is 0 Å². The lowest BCUT2D eigenvalue weighted by Crippen LogP contribution is -2.46. The fraction of sp³-hybridized carbons (Fsp3) is 0.909. The maximum Gasteiger partial charge on any atom is 0.240 e. The van der Waals surface area contributed by atoms with E-state index in [9.17, 15) is 13.2 Å². The standard InChI is InChI=1S/C11H20N2O3S/c1-8(12-17(2,15)16)11(14)13-6-9-4-3-5-10(9)7-13/h8-10,12H,3-7H2,1-2H3/t8-,9-,10+/m0/s1. The highest BCUT2D eigenvalue weighted by molar-refractivity contribution is 7.88. The second-order valence-electron chi connectivity index (χ2n) is 5.31. The summed E-state index contributed by atoms with van der Waals surface area (Å²) in [6.07, 6.45) is 4.77. The van der Waals surface area contributed by atoms with E-state index in [-0.39, 0.29) is 5.91 Å². The summed E-state index contributed by atoms with van der Waals surface area (Å²) in [5, 5.41) is 0. The third kappa shape index (κ3) is 2.98. The van der Waals surface area contributed by atoms with E-state index in [1.165, 1.54) is 19.3 Å². The van der Waals surface area contributed by atoms with Gasteiger partial charge in [-0.05, 0) is 31.6 Å². The van der Waals surface area contributed by atoms with Crippen molar-refractivity contribution in [3.05, 3.63) is 0 Å². The molecular weight excluding hydrogens is 240 g/mol. The van der Waals surface area contributed by atoms with E-state index in [0.717, 1.165) is 19.3 Å². The van der Waals surface area contributed by atoms with Gasteiger partial charge in [0.05, 0.1) is 12.3 Å². The van der Waals surface area contributed by atoms with Crippen molar-refractivity contribution in [1.82, 2.24) is 9.62 Å². The van der Waals surface area contributed by atoms with E-state index in [4.69, 9.17) is 0 Å². The van der Waals surface area contributed by atoms with E-state index < -0.39 is 16.1 Å². The number of nitrogens with one attached hydrogen (secondary N) is 1. The first kappa shape index (κ1) is 12.8. The van der Waals surface area contributed by atoms with Gasteiger partial charge in [-0.25, -0.2) is 13.1 Å². The van der Waals surface area contributed by atoms with Crippen molar-refractivity contribution in [3.63, 3.8) is 0 Å². The first-order valence-electron chi connectivity index (χ1n) is 6.13. The summed E-state index contributed by atoms with van der Waals surface area (Å²) in [5.74, 6) is 1.19. The van der Waals surface area contributed by atoms with Crippen LogP contribution in [0.1, 0.15) is 26.2 Å². The van der Waals surface area contributed by atoms with E-state index >= 15 is 0 Å². The Morgan fingerprint density at radius 3 is 2.29 bits per heavy atom. The predicted molar refractivity (Wildman–Crippen MR) is 64.9 cm³/mol. The number of likely N-dealkylation sites (tertiary alicyclic amines) is 1. The summed E-state index contributed by atoms with van der Waals surface area (Å²) in [6, 6.07) is -0.649. The summed E-state index contributed by atoms with van der Waals surface area (Å²) >= 11 is 0. The van der Waals surface area contributed by atoms with Gasteiger partial charge in [-0.2, -0.15) is 0 Å². The van der Waals surface area contributed by atoms with E-state index in [1.807, 2.05) is 4.90 Å². The largest absolute Gasteiger partial charge is 0.341 e. The molecule has 3 atom stereocenters. The number of hydrogen-bond acceptors (Lipinski definition) is 3. The van der Waals surface area contributed by atoms with Crippen LogP contribution in [0, 0.1) is 11.8 Å².